The van der Waals surface area contributed by atoms with Gasteiger partial charge in [0.2, 0.25) is 0 Å². The van der Waals surface area contributed by atoms with Gasteiger partial charge in [-0.05, 0) is 18.3 Å². The first-order chi connectivity index (χ1) is 8.78. The van der Waals surface area contributed by atoms with Gasteiger partial charge in [0.1, 0.15) is 0 Å². The lowest BCUT2D eigenvalue weighted by Crippen LogP contribution is -2.09. The molecule has 0 aromatic carbocycles. The molecule has 0 N–H and O–H groups in total. The van der Waals surface area contributed by atoms with Crippen molar-refractivity contribution in [2.75, 3.05) is 0 Å². The van der Waals surface area contributed by atoms with Gasteiger partial charge in [0.15, 0.2) is 0 Å². The van der Waals surface area contributed by atoms with E-state index in [1.807, 2.05) is 0 Å². The third-order valence-corrected chi connectivity index (χ3v) is 4.20. The van der Waals surface area contributed by atoms with E-state index in [1.165, 1.54) is 70.6 Å². The molecule has 0 rings (SSSR count). The second-order valence-corrected chi connectivity index (χ2v) is 5.87. The predicted octanol–water partition coefficient (Wildman–Crippen LogP) is 6.79. The number of hydrogen-bond acceptors (Lipinski definition) is 0. The van der Waals surface area contributed by atoms with Crippen LogP contribution in [0.25, 0.3) is 0 Å². The van der Waals surface area contributed by atoms with E-state index in [9.17, 15) is 0 Å². The normalized spacial score (nSPS) is 14.7. The lowest BCUT2D eigenvalue weighted by atomic mass is 9.84. The average molecular weight is 253 g/mol. The zero-order valence-corrected chi connectivity index (χ0v) is 13.5. The summed E-state index contributed by atoms with van der Waals surface area (Å²) in [6.07, 6.45) is 18.1. The lowest BCUT2D eigenvalue weighted by molar-refractivity contribution is 0.401. The molecular formula is C18H37. The van der Waals surface area contributed by atoms with Gasteiger partial charge in [0.05, 0.1) is 0 Å². The van der Waals surface area contributed by atoms with Crippen LogP contribution < -0.4 is 0 Å². The van der Waals surface area contributed by atoms with Gasteiger partial charge in [-0.2, -0.15) is 0 Å². The molecule has 1 radical (unpaired) electrons. The highest BCUT2D eigenvalue weighted by molar-refractivity contribution is 4.82. The van der Waals surface area contributed by atoms with Crippen molar-refractivity contribution in [2.24, 2.45) is 11.8 Å². The monoisotopic (exact) mass is 253 g/mol. The van der Waals surface area contributed by atoms with Crippen molar-refractivity contribution in [1.82, 2.24) is 0 Å². The molecule has 109 valence electrons. The standard InChI is InChI=1S/C18H37/c1-5-9-11-13-15-18(8-4)16-17(7-3)14-12-10-6-2/h16-18H,5-15H2,1-4H3. The fourth-order valence-electron chi connectivity index (χ4n) is 2.75. The molecular weight excluding hydrogens is 216 g/mol. The molecule has 0 aliphatic carbocycles. The van der Waals surface area contributed by atoms with Gasteiger partial charge in [-0.15, -0.1) is 0 Å². The summed E-state index contributed by atoms with van der Waals surface area (Å²) in [5.41, 5.74) is 0. The summed E-state index contributed by atoms with van der Waals surface area (Å²) in [4.78, 5) is 0. The lowest BCUT2D eigenvalue weighted by Gasteiger charge is -2.21. The largest absolute Gasteiger partial charge is 0.0654 e. The average Bonchev–Trinajstić information content (AvgIpc) is 2.40. The highest BCUT2D eigenvalue weighted by Gasteiger charge is 2.13. The Bertz CT molecular complexity index is 150. The highest BCUT2D eigenvalue weighted by atomic mass is 14.2. The topological polar surface area (TPSA) is 0 Å². The summed E-state index contributed by atoms with van der Waals surface area (Å²) >= 11 is 0. The molecule has 0 saturated heterocycles. The van der Waals surface area contributed by atoms with Gasteiger partial charge < -0.3 is 0 Å². The van der Waals surface area contributed by atoms with E-state index in [-0.39, 0.29) is 0 Å². The molecule has 0 aromatic rings. The molecule has 0 fully saturated rings. The number of rotatable bonds is 13. The van der Waals surface area contributed by atoms with Crippen molar-refractivity contribution >= 4 is 0 Å². The van der Waals surface area contributed by atoms with E-state index in [2.05, 4.69) is 34.1 Å². The van der Waals surface area contributed by atoms with Crippen LogP contribution in [0.5, 0.6) is 0 Å². The fraction of sp³-hybridized carbons (Fsp3) is 0.944. The van der Waals surface area contributed by atoms with E-state index in [4.69, 9.17) is 0 Å². The Labute approximate surface area is 117 Å². The molecule has 0 saturated carbocycles. The van der Waals surface area contributed by atoms with E-state index in [0.717, 1.165) is 11.8 Å². The highest BCUT2D eigenvalue weighted by Crippen LogP contribution is 2.26. The minimum Gasteiger partial charge on any atom is -0.0654 e. The summed E-state index contributed by atoms with van der Waals surface area (Å²) in [5, 5.41) is 0. The van der Waals surface area contributed by atoms with E-state index >= 15 is 0 Å². The molecule has 0 nitrogen and oxygen atoms in total. The van der Waals surface area contributed by atoms with Crippen molar-refractivity contribution in [2.45, 2.75) is 98.3 Å². The Hall–Kier alpha value is 0. The van der Waals surface area contributed by atoms with Crippen molar-refractivity contribution in [1.29, 1.82) is 0 Å². The Morgan fingerprint density at radius 1 is 0.611 bits per heavy atom. The van der Waals surface area contributed by atoms with E-state index in [1.54, 1.807) is 0 Å². The molecule has 18 heavy (non-hydrogen) atoms. The molecule has 0 aliphatic heterocycles. The Morgan fingerprint density at radius 3 is 1.50 bits per heavy atom. The van der Waals surface area contributed by atoms with E-state index < -0.39 is 0 Å². The first-order valence-electron chi connectivity index (χ1n) is 8.63. The maximum Gasteiger partial charge on any atom is -0.0324 e. The summed E-state index contributed by atoms with van der Waals surface area (Å²) in [6, 6.07) is 0. The molecule has 0 heteroatoms. The van der Waals surface area contributed by atoms with Crippen LogP contribution in [0.1, 0.15) is 98.3 Å². The zero-order valence-electron chi connectivity index (χ0n) is 13.5. The van der Waals surface area contributed by atoms with Crippen LogP contribution in [0.3, 0.4) is 0 Å². The van der Waals surface area contributed by atoms with Crippen LogP contribution in [0.2, 0.25) is 0 Å². The van der Waals surface area contributed by atoms with Crippen LogP contribution in [0.15, 0.2) is 0 Å². The molecule has 0 amide bonds. The van der Waals surface area contributed by atoms with Crippen LogP contribution in [0.4, 0.5) is 0 Å². The van der Waals surface area contributed by atoms with Gasteiger partial charge in [-0.3, -0.25) is 0 Å². The summed E-state index contributed by atoms with van der Waals surface area (Å²) < 4.78 is 0. The fourth-order valence-corrected chi connectivity index (χ4v) is 2.75. The third kappa shape index (κ3) is 9.97. The Kier molecular flexibility index (Phi) is 13.4. The molecule has 0 bridgehead atoms. The zero-order chi connectivity index (χ0) is 13.6. The second-order valence-electron chi connectivity index (χ2n) is 5.87. The maximum atomic E-state index is 2.70. The minimum atomic E-state index is 0.882. The van der Waals surface area contributed by atoms with Crippen molar-refractivity contribution in [3.8, 4) is 0 Å². The molecule has 0 aliphatic rings. The minimum absolute atomic E-state index is 0.882. The molecule has 0 aromatic heterocycles. The molecule has 0 heterocycles. The van der Waals surface area contributed by atoms with Crippen molar-refractivity contribution in [3.63, 3.8) is 0 Å². The van der Waals surface area contributed by atoms with Crippen LogP contribution in [0, 0.1) is 18.3 Å². The van der Waals surface area contributed by atoms with Gasteiger partial charge >= 0.3 is 0 Å². The van der Waals surface area contributed by atoms with Gasteiger partial charge in [0, 0.05) is 0 Å². The number of unbranched alkanes of at least 4 members (excludes halogenated alkanes) is 5. The second kappa shape index (κ2) is 13.4. The Balaban J connectivity index is 3.76. The van der Waals surface area contributed by atoms with Gasteiger partial charge in [0.25, 0.3) is 0 Å². The summed E-state index contributed by atoms with van der Waals surface area (Å²) in [6.45, 7) is 9.31. The van der Waals surface area contributed by atoms with Crippen LogP contribution in [-0.2, 0) is 0 Å². The summed E-state index contributed by atoms with van der Waals surface area (Å²) in [7, 11) is 0. The molecule has 2 atom stereocenters. The van der Waals surface area contributed by atoms with E-state index in [0.29, 0.717) is 0 Å². The predicted molar refractivity (Wildman–Crippen MR) is 84.8 cm³/mol. The molecule has 0 spiro atoms. The van der Waals surface area contributed by atoms with Gasteiger partial charge in [-0.25, -0.2) is 0 Å². The van der Waals surface area contributed by atoms with Gasteiger partial charge in [-0.1, -0.05) is 98.3 Å². The van der Waals surface area contributed by atoms with Crippen LogP contribution >= 0.6 is 0 Å². The third-order valence-electron chi connectivity index (χ3n) is 4.20. The smallest absolute Gasteiger partial charge is 0.0324 e. The molecule has 2 unspecified atom stereocenters. The number of hydrogen-bond donors (Lipinski definition) is 0. The van der Waals surface area contributed by atoms with Crippen molar-refractivity contribution < 1.29 is 0 Å². The Morgan fingerprint density at radius 2 is 1.06 bits per heavy atom. The first kappa shape index (κ1) is 18.0. The van der Waals surface area contributed by atoms with Crippen LogP contribution in [-0.4, -0.2) is 0 Å². The first-order valence-corrected chi connectivity index (χ1v) is 8.63. The van der Waals surface area contributed by atoms with Crippen molar-refractivity contribution in [3.05, 3.63) is 6.42 Å². The SMILES string of the molecule is CCCCCCC([CH]C(CC)CCCCC)CC. The quantitative estimate of drug-likeness (QED) is 0.317. The maximum absolute atomic E-state index is 2.70. The summed E-state index contributed by atoms with van der Waals surface area (Å²) in [5.74, 6) is 1.76.